The van der Waals surface area contributed by atoms with E-state index in [1.807, 2.05) is 4.90 Å². The van der Waals surface area contributed by atoms with Crippen molar-refractivity contribution in [1.29, 1.82) is 0 Å². The molecule has 2 N–H and O–H groups in total. The van der Waals surface area contributed by atoms with E-state index in [0.717, 1.165) is 13.1 Å². The summed E-state index contributed by atoms with van der Waals surface area (Å²) in [5.74, 6) is -0.184. The van der Waals surface area contributed by atoms with Gasteiger partial charge in [-0.3, -0.25) is 14.5 Å². The summed E-state index contributed by atoms with van der Waals surface area (Å²) >= 11 is 5.93. The van der Waals surface area contributed by atoms with Crippen molar-refractivity contribution in [3.63, 3.8) is 0 Å². The fourth-order valence-electron chi connectivity index (χ4n) is 5.14. The Kier molecular flexibility index (Phi) is 7.86. The number of aryl methyl sites for hydroxylation is 1. The van der Waals surface area contributed by atoms with E-state index in [9.17, 15) is 14.7 Å². The second-order valence-corrected chi connectivity index (χ2v) is 10.6. The third-order valence-corrected chi connectivity index (χ3v) is 7.77. The van der Waals surface area contributed by atoms with Crippen LogP contribution in [0.15, 0.2) is 66.7 Å². The van der Waals surface area contributed by atoms with Crippen molar-refractivity contribution in [2.24, 2.45) is 5.92 Å². The average molecular weight is 533 g/mol. The fourth-order valence-corrected chi connectivity index (χ4v) is 5.32. The van der Waals surface area contributed by atoms with E-state index in [2.05, 4.69) is 70.6 Å². The molecule has 0 bridgehead atoms. The first-order chi connectivity index (χ1) is 18.4. The lowest BCUT2D eigenvalue weighted by atomic mass is 10.0. The zero-order chi connectivity index (χ0) is 26.6. The van der Waals surface area contributed by atoms with Crippen molar-refractivity contribution >= 4 is 34.8 Å². The minimum atomic E-state index is -0.185. The van der Waals surface area contributed by atoms with Crippen molar-refractivity contribution in [1.82, 2.24) is 9.80 Å². The Labute approximate surface area is 228 Å². The zero-order valence-electron chi connectivity index (χ0n) is 21.6. The number of phenols is 1. The van der Waals surface area contributed by atoms with Gasteiger partial charge >= 0.3 is 0 Å². The van der Waals surface area contributed by atoms with Gasteiger partial charge in [0, 0.05) is 44.1 Å². The molecule has 1 atom stereocenters. The Bertz CT molecular complexity index is 1290. The molecule has 0 spiro atoms. The molecule has 2 saturated heterocycles. The number of carbonyl (C=O) groups excluding carboxylic acids is 2. The van der Waals surface area contributed by atoms with Crippen LogP contribution in [0, 0.1) is 12.8 Å². The highest BCUT2D eigenvalue weighted by Gasteiger charge is 2.31. The lowest BCUT2D eigenvalue weighted by Gasteiger charge is -2.36. The van der Waals surface area contributed by atoms with Crippen molar-refractivity contribution in [3.05, 3.63) is 77.3 Å². The molecular formula is C30H33ClN4O3. The number of rotatable bonds is 6. The maximum atomic E-state index is 13.0. The number of nitrogens with one attached hydrogen (secondary N) is 1. The Balaban J connectivity index is 1.07. The number of nitrogens with zero attached hydrogens (tertiary/aromatic N) is 3. The van der Waals surface area contributed by atoms with Gasteiger partial charge in [0.1, 0.15) is 5.75 Å². The van der Waals surface area contributed by atoms with Crippen LogP contribution in [0.25, 0.3) is 11.1 Å². The molecule has 5 rings (SSSR count). The molecule has 2 aliphatic heterocycles. The van der Waals surface area contributed by atoms with Gasteiger partial charge in [0.15, 0.2) is 0 Å². The van der Waals surface area contributed by atoms with Crippen LogP contribution in [0.2, 0.25) is 5.02 Å². The second-order valence-electron chi connectivity index (χ2n) is 10.2. The predicted molar refractivity (Wildman–Crippen MR) is 152 cm³/mol. The molecule has 38 heavy (non-hydrogen) atoms. The first-order valence-electron chi connectivity index (χ1n) is 13.1. The molecule has 0 saturated carbocycles. The topological polar surface area (TPSA) is 76.1 Å². The van der Waals surface area contributed by atoms with E-state index in [4.69, 9.17) is 11.6 Å². The van der Waals surface area contributed by atoms with Crippen molar-refractivity contribution in [2.75, 3.05) is 56.0 Å². The number of anilines is 2. The first-order valence-corrected chi connectivity index (χ1v) is 13.4. The van der Waals surface area contributed by atoms with Gasteiger partial charge in [0.2, 0.25) is 11.8 Å². The normalized spacial score (nSPS) is 18.0. The average Bonchev–Trinajstić information content (AvgIpc) is 3.40. The minimum Gasteiger partial charge on any atom is -0.506 e. The highest BCUT2D eigenvalue weighted by molar-refractivity contribution is 6.32. The summed E-state index contributed by atoms with van der Waals surface area (Å²) in [7, 11) is 0. The second kappa shape index (κ2) is 11.5. The van der Waals surface area contributed by atoms with Gasteiger partial charge in [-0.25, -0.2) is 0 Å². The maximum absolute atomic E-state index is 13.0. The smallest absolute Gasteiger partial charge is 0.236 e. The molecule has 7 nitrogen and oxygen atoms in total. The molecule has 3 aromatic rings. The summed E-state index contributed by atoms with van der Waals surface area (Å²) < 4.78 is 0. The Hall–Kier alpha value is -3.55. The lowest BCUT2D eigenvalue weighted by Crippen LogP contribution is -2.51. The molecule has 198 valence electrons. The van der Waals surface area contributed by atoms with Crippen molar-refractivity contribution in [2.45, 2.75) is 13.3 Å². The molecule has 0 radical (unpaired) electrons. The molecule has 8 heteroatoms. The summed E-state index contributed by atoms with van der Waals surface area (Å²) in [6, 6.07) is 21.8. The van der Waals surface area contributed by atoms with Crippen LogP contribution in [0.5, 0.6) is 5.75 Å². The number of likely N-dealkylation sites (tertiary alicyclic amines) is 1. The lowest BCUT2D eigenvalue weighted by molar-refractivity contribution is -0.132. The number of hydrogen-bond donors (Lipinski definition) is 2. The van der Waals surface area contributed by atoms with E-state index < -0.39 is 0 Å². The van der Waals surface area contributed by atoms with Crippen LogP contribution in [0.3, 0.4) is 0 Å². The highest BCUT2D eigenvalue weighted by Crippen LogP contribution is 2.27. The number of aromatic hydroxyl groups is 1. The summed E-state index contributed by atoms with van der Waals surface area (Å²) in [6.45, 7) is 6.68. The third-order valence-electron chi connectivity index (χ3n) is 7.47. The van der Waals surface area contributed by atoms with Crippen LogP contribution in [-0.2, 0) is 9.59 Å². The van der Waals surface area contributed by atoms with Crippen molar-refractivity contribution in [3.8, 4) is 16.9 Å². The summed E-state index contributed by atoms with van der Waals surface area (Å²) in [4.78, 5) is 32.0. The van der Waals surface area contributed by atoms with Gasteiger partial charge in [0.25, 0.3) is 0 Å². The number of amides is 2. The van der Waals surface area contributed by atoms with Crippen molar-refractivity contribution < 1.29 is 14.7 Å². The number of phenolic OH excluding ortho intramolecular Hbond substituents is 1. The molecule has 2 heterocycles. The minimum absolute atomic E-state index is 0.0212. The van der Waals surface area contributed by atoms with Crippen LogP contribution in [-0.4, -0.2) is 72.5 Å². The molecular weight excluding hydrogens is 500 g/mol. The van der Waals surface area contributed by atoms with Crippen LogP contribution in [0.1, 0.15) is 12.0 Å². The van der Waals surface area contributed by atoms with Gasteiger partial charge < -0.3 is 20.2 Å². The molecule has 0 aliphatic carbocycles. The molecule has 2 amide bonds. The number of hydrogen-bond acceptors (Lipinski definition) is 5. The first kappa shape index (κ1) is 26.1. The maximum Gasteiger partial charge on any atom is 0.236 e. The largest absolute Gasteiger partial charge is 0.506 e. The molecule has 0 unspecified atom stereocenters. The Morgan fingerprint density at radius 1 is 0.921 bits per heavy atom. The van der Waals surface area contributed by atoms with E-state index in [1.54, 1.807) is 6.07 Å². The molecule has 2 aliphatic rings. The standard InChI is InChI=1S/C30H33ClN4O3/c1-21-2-4-22(5-3-21)23-6-9-26(10-7-23)34-14-16-35(17-15-34)29(37)20-33-13-12-24(19-33)30(38)32-25-8-11-28(36)27(31)18-25/h2-11,18,24,36H,12-17,19-20H2,1H3,(H,32,38)/t24-/m1/s1. The quantitative estimate of drug-likeness (QED) is 0.453. The predicted octanol–water partition coefficient (Wildman–Crippen LogP) is 4.63. The van der Waals surface area contributed by atoms with Gasteiger partial charge in [-0.05, 0) is 61.3 Å². The molecule has 0 aromatic heterocycles. The van der Waals surface area contributed by atoms with Gasteiger partial charge in [0.05, 0.1) is 17.5 Å². The SMILES string of the molecule is Cc1ccc(-c2ccc(N3CCN(C(=O)CN4CC[C@@H](C(=O)Nc5ccc(O)c(Cl)c5)C4)CC3)cc2)cc1. The van der Waals surface area contributed by atoms with Gasteiger partial charge in [-0.15, -0.1) is 0 Å². The number of carbonyl (C=O) groups is 2. The van der Waals surface area contributed by atoms with E-state index in [0.29, 0.717) is 44.8 Å². The number of benzene rings is 3. The zero-order valence-corrected chi connectivity index (χ0v) is 22.3. The van der Waals surface area contributed by atoms with Gasteiger partial charge in [-0.1, -0.05) is 53.6 Å². The summed E-state index contributed by atoms with van der Waals surface area (Å²) in [5, 5.41) is 12.6. The van der Waals surface area contributed by atoms with E-state index in [1.165, 1.54) is 34.5 Å². The van der Waals surface area contributed by atoms with Gasteiger partial charge in [-0.2, -0.15) is 0 Å². The van der Waals surface area contributed by atoms with E-state index in [-0.39, 0.29) is 28.5 Å². The Morgan fingerprint density at radius 2 is 1.58 bits per heavy atom. The number of halogens is 1. The van der Waals surface area contributed by atoms with Crippen LogP contribution in [0.4, 0.5) is 11.4 Å². The van der Waals surface area contributed by atoms with Crippen LogP contribution < -0.4 is 10.2 Å². The summed E-state index contributed by atoms with van der Waals surface area (Å²) in [5.41, 5.74) is 5.39. The highest BCUT2D eigenvalue weighted by atomic mass is 35.5. The van der Waals surface area contributed by atoms with Crippen LogP contribution >= 0.6 is 11.6 Å². The monoisotopic (exact) mass is 532 g/mol. The van der Waals surface area contributed by atoms with E-state index >= 15 is 0 Å². The Morgan fingerprint density at radius 3 is 2.24 bits per heavy atom. The number of piperazine rings is 1. The molecule has 2 fully saturated rings. The molecule has 3 aromatic carbocycles. The fraction of sp³-hybridized carbons (Fsp3) is 0.333. The third kappa shape index (κ3) is 6.11. The summed E-state index contributed by atoms with van der Waals surface area (Å²) in [6.07, 6.45) is 0.706.